The second kappa shape index (κ2) is 7.47. The number of hydrogen-bond donors (Lipinski definition) is 1. The van der Waals surface area contributed by atoms with E-state index in [1.165, 1.54) is 16.2 Å². The average Bonchev–Trinajstić information content (AvgIpc) is 2.74. The van der Waals surface area contributed by atoms with E-state index in [0.29, 0.717) is 16.5 Å². The molecular formula is C16H22ClNO3S. The van der Waals surface area contributed by atoms with Crippen LogP contribution in [0.25, 0.3) is 0 Å². The van der Waals surface area contributed by atoms with Gasteiger partial charge in [0.2, 0.25) is 5.91 Å². The van der Waals surface area contributed by atoms with Crippen molar-refractivity contribution >= 4 is 39.8 Å². The molecule has 0 radical (unpaired) electrons. The molecule has 1 amide bonds. The summed E-state index contributed by atoms with van der Waals surface area (Å²) in [5, 5.41) is 3.44. The second-order valence-corrected chi connectivity index (χ2v) is 7.48. The van der Waals surface area contributed by atoms with E-state index in [9.17, 15) is 9.59 Å². The molecule has 2 rings (SSSR count). The Balaban J connectivity index is 2.34. The number of carbonyl (C=O) groups excluding carboxylic acids is 2. The van der Waals surface area contributed by atoms with E-state index in [1.54, 1.807) is 0 Å². The predicted octanol–water partition coefficient (Wildman–Crippen LogP) is 4.01. The second-order valence-electron chi connectivity index (χ2n) is 6.00. The van der Waals surface area contributed by atoms with Crippen LogP contribution in [0.3, 0.4) is 0 Å². The van der Waals surface area contributed by atoms with E-state index in [4.69, 9.17) is 16.3 Å². The zero-order valence-electron chi connectivity index (χ0n) is 13.2. The summed E-state index contributed by atoms with van der Waals surface area (Å²) in [5.41, 5.74) is 1.60. The van der Waals surface area contributed by atoms with E-state index in [2.05, 4.69) is 12.2 Å². The van der Waals surface area contributed by atoms with Crippen LogP contribution in [0.1, 0.15) is 54.4 Å². The smallest absolute Gasteiger partial charge is 0.341 e. The predicted molar refractivity (Wildman–Crippen MR) is 90.0 cm³/mol. The number of rotatable bonds is 5. The molecule has 22 heavy (non-hydrogen) atoms. The molecule has 1 heterocycles. The first-order valence-corrected chi connectivity index (χ1v) is 8.98. The highest BCUT2D eigenvalue weighted by molar-refractivity contribution is 7.17. The standard InChI is InChI=1S/C16H22ClNO3S/c1-9(2)21-16(20)14-11-5-4-10(3)8-12(11)22-15(14)18-13(19)6-7-17/h9-10H,4-8H2,1-3H3,(H,18,19). The SMILES string of the molecule is CC1CCc2c(sc(NC(=O)CCCl)c2C(=O)OC(C)C)C1. The Morgan fingerprint density at radius 2 is 2.18 bits per heavy atom. The zero-order valence-corrected chi connectivity index (χ0v) is 14.8. The maximum atomic E-state index is 12.4. The molecule has 0 bridgehead atoms. The van der Waals surface area contributed by atoms with Gasteiger partial charge >= 0.3 is 5.97 Å². The fourth-order valence-corrected chi connectivity index (χ4v) is 4.19. The number of halogens is 1. The number of hydrogen-bond acceptors (Lipinski definition) is 4. The lowest BCUT2D eigenvalue weighted by molar-refractivity contribution is -0.115. The topological polar surface area (TPSA) is 55.4 Å². The van der Waals surface area contributed by atoms with E-state index < -0.39 is 0 Å². The molecule has 0 saturated carbocycles. The molecule has 1 aromatic rings. The molecule has 4 nitrogen and oxygen atoms in total. The largest absolute Gasteiger partial charge is 0.459 e. The van der Waals surface area contributed by atoms with Gasteiger partial charge in [-0.05, 0) is 44.6 Å². The van der Waals surface area contributed by atoms with Crippen molar-refractivity contribution in [2.24, 2.45) is 5.92 Å². The van der Waals surface area contributed by atoms with Gasteiger partial charge in [-0.1, -0.05) is 6.92 Å². The van der Waals surface area contributed by atoms with Crippen molar-refractivity contribution in [3.63, 3.8) is 0 Å². The highest BCUT2D eigenvalue weighted by Crippen LogP contribution is 2.40. The van der Waals surface area contributed by atoms with Gasteiger partial charge < -0.3 is 10.1 Å². The molecule has 1 aromatic heterocycles. The van der Waals surface area contributed by atoms with E-state index in [-0.39, 0.29) is 30.3 Å². The quantitative estimate of drug-likeness (QED) is 0.649. The molecule has 1 aliphatic carbocycles. The summed E-state index contributed by atoms with van der Waals surface area (Å²) in [7, 11) is 0. The minimum Gasteiger partial charge on any atom is -0.459 e. The van der Waals surface area contributed by atoms with Crippen LogP contribution in [0.5, 0.6) is 0 Å². The fourth-order valence-electron chi connectivity index (χ4n) is 2.60. The van der Waals surface area contributed by atoms with Crippen molar-refractivity contribution in [2.45, 2.75) is 52.6 Å². The molecule has 1 atom stereocenters. The summed E-state index contributed by atoms with van der Waals surface area (Å²) in [5.74, 6) is 0.356. The number of alkyl halides is 1. The molecule has 1 N–H and O–H groups in total. The zero-order chi connectivity index (χ0) is 16.3. The maximum absolute atomic E-state index is 12.4. The van der Waals surface area contributed by atoms with Crippen LogP contribution in [0, 0.1) is 5.92 Å². The summed E-state index contributed by atoms with van der Waals surface area (Å²) >= 11 is 7.10. The molecule has 0 aromatic carbocycles. The fraction of sp³-hybridized carbons (Fsp3) is 0.625. The highest BCUT2D eigenvalue weighted by Gasteiger charge is 2.29. The average molecular weight is 344 g/mol. The third-order valence-electron chi connectivity index (χ3n) is 3.63. The summed E-state index contributed by atoms with van der Waals surface area (Å²) in [6.45, 7) is 5.86. The maximum Gasteiger partial charge on any atom is 0.341 e. The Morgan fingerprint density at radius 1 is 1.45 bits per heavy atom. The van der Waals surface area contributed by atoms with Gasteiger partial charge in [0.25, 0.3) is 0 Å². The Kier molecular flexibility index (Phi) is 5.87. The number of anilines is 1. The molecule has 0 saturated heterocycles. The molecule has 0 spiro atoms. The molecule has 1 aliphatic rings. The van der Waals surface area contributed by atoms with Crippen molar-refractivity contribution < 1.29 is 14.3 Å². The molecule has 6 heteroatoms. The van der Waals surface area contributed by atoms with Crippen LogP contribution >= 0.6 is 22.9 Å². The minimum absolute atomic E-state index is 0.166. The number of fused-ring (bicyclic) bond motifs is 1. The van der Waals surface area contributed by atoms with Crippen LogP contribution in [0.4, 0.5) is 5.00 Å². The van der Waals surface area contributed by atoms with Gasteiger partial charge in [-0.25, -0.2) is 4.79 Å². The molecule has 0 fully saturated rings. The number of esters is 1. The first kappa shape index (κ1) is 17.3. The van der Waals surface area contributed by atoms with Gasteiger partial charge in [0.1, 0.15) is 5.00 Å². The number of ether oxygens (including phenoxy) is 1. The Hall–Kier alpha value is -1.07. The summed E-state index contributed by atoms with van der Waals surface area (Å²) in [4.78, 5) is 25.5. The number of carbonyl (C=O) groups is 2. The summed E-state index contributed by atoms with van der Waals surface area (Å²) in [6, 6.07) is 0. The van der Waals surface area contributed by atoms with Gasteiger partial charge in [-0.2, -0.15) is 0 Å². The van der Waals surface area contributed by atoms with Crippen molar-refractivity contribution in [2.75, 3.05) is 11.2 Å². The third-order valence-corrected chi connectivity index (χ3v) is 4.99. The molecular weight excluding hydrogens is 322 g/mol. The van der Waals surface area contributed by atoms with Crippen LogP contribution in [0.15, 0.2) is 0 Å². The lowest BCUT2D eigenvalue weighted by Gasteiger charge is -2.18. The van der Waals surface area contributed by atoms with Crippen LogP contribution in [-0.2, 0) is 22.4 Å². The third kappa shape index (κ3) is 4.02. The van der Waals surface area contributed by atoms with Crippen LogP contribution in [0.2, 0.25) is 0 Å². The van der Waals surface area contributed by atoms with Gasteiger partial charge in [-0.15, -0.1) is 22.9 Å². The highest BCUT2D eigenvalue weighted by atomic mass is 35.5. The first-order valence-electron chi connectivity index (χ1n) is 7.63. The van der Waals surface area contributed by atoms with Crippen molar-refractivity contribution in [1.82, 2.24) is 0 Å². The normalized spacial score (nSPS) is 17.2. The van der Waals surface area contributed by atoms with Crippen LogP contribution in [-0.4, -0.2) is 23.9 Å². The molecule has 1 unspecified atom stereocenters. The number of amides is 1. The van der Waals surface area contributed by atoms with E-state index in [1.807, 2.05) is 13.8 Å². The Labute approximate surface area is 140 Å². The summed E-state index contributed by atoms with van der Waals surface area (Å²) < 4.78 is 5.36. The lowest BCUT2D eigenvalue weighted by atomic mass is 9.88. The minimum atomic E-state index is -0.344. The monoisotopic (exact) mass is 343 g/mol. The van der Waals surface area contributed by atoms with Crippen molar-refractivity contribution in [1.29, 1.82) is 0 Å². The van der Waals surface area contributed by atoms with E-state index in [0.717, 1.165) is 24.8 Å². The van der Waals surface area contributed by atoms with Gasteiger partial charge in [0, 0.05) is 17.2 Å². The van der Waals surface area contributed by atoms with Crippen LogP contribution < -0.4 is 5.32 Å². The number of thiophene rings is 1. The Morgan fingerprint density at radius 3 is 2.82 bits per heavy atom. The molecule has 0 aliphatic heterocycles. The Bertz CT molecular complexity index is 568. The lowest BCUT2D eigenvalue weighted by Crippen LogP contribution is -2.18. The van der Waals surface area contributed by atoms with Crippen molar-refractivity contribution in [3.05, 3.63) is 16.0 Å². The molecule has 122 valence electrons. The van der Waals surface area contributed by atoms with E-state index >= 15 is 0 Å². The van der Waals surface area contributed by atoms with Gasteiger partial charge in [0.05, 0.1) is 11.7 Å². The first-order chi connectivity index (χ1) is 10.4. The van der Waals surface area contributed by atoms with Crippen molar-refractivity contribution in [3.8, 4) is 0 Å². The van der Waals surface area contributed by atoms with Gasteiger partial charge in [-0.3, -0.25) is 4.79 Å². The van der Waals surface area contributed by atoms with Gasteiger partial charge in [0.15, 0.2) is 0 Å². The number of nitrogens with one attached hydrogen (secondary N) is 1. The summed E-state index contributed by atoms with van der Waals surface area (Å²) in [6.07, 6.45) is 2.92.